The number of ether oxygens (including phenoxy) is 1. The van der Waals surface area contributed by atoms with Crippen molar-refractivity contribution in [2.45, 2.75) is 39.2 Å². The van der Waals surface area contributed by atoms with Gasteiger partial charge in [0.15, 0.2) is 0 Å². The van der Waals surface area contributed by atoms with Gasteiger partial charge in [0.2, 0.25) is 5.91 Å². The summed E-state index contributed by atoms with van der Waals surface area (Å²) in [7, 11) is 1.77. The van der Waals surface area contributed by atoms with Crippen LogP contribution in [-0.4, -0.2) is 48.8 Å². The first-order valence-corrected chi connectivity index (χ1v) is 5.57. The van der Waals surface area contributed by atoms with E-state index in [0.717, 1.165) is 6.42 Å². The number of aliphatic hydroxyl groups is 1. The van der Waals surface area contributed by atoms with Gasteiger partial charge < -0.3 is 14.7 Å². The standard InChI is InChI=1S/C11H23NO3/c1-4-15-9-5-6-11(14)12(3)8-7-10(2)13/h10,13H,4-9H2,1-3H3. The van der Waals surface area contributed by atoms with E-state index in [9.17, 15) is 4.79 Å². The third-order valence-corrected chi connectivity index (χ3v) is 2.19. The van der Waals surface area contributed by atoms with Gasteiger partial charge in [-0.3, -0.25) is 4.79 Å². The maximum atomic E-state index is 11.5. The van der Waals surface area contributed by atoms with Crippen LogP contribution in [0.3, 0.4) is 0 Å². The van der Waals surface area contributed by atoms with E-state index in [1.54, 1.807) is 18.9 Å². The number of hydrogen-bond acceptors (Lipinski definition) is 3. The minimum atomic E-state index is -0.344. The van der Waals surface area contributed by atoms with Crippen LogP contribution in [-0.2, 0) is 9.53 Å². The van der Waals surface area contributed by atoms with E-state index in [1.165, 1.54) is 0 Å². The SMILES string of the molecule is CCOCCCC(=O)N(C)CCC(C)O. The third-order valence-electron chi connectivity index (χ3n) is 2.19. The Bertz CT molecular complexity index is 171. The molecule has 15 heavy (non-hydrogen) atoms. The minimum Gasteiger partial charge on any atom is -0.393 e. The van der Waals surface area contributed by atoms with Crippen molar-refractivity contribution in [3.63, 3.8) is 0 Å². The van der Waals surface area contributed by atoms with Crippen LogP contribution in [0.25, 0.3) is 0 Å². The Kier molecular flexibility index (Phi) is 8.33. The Morgan fingerprint density at radius 2 is 2.20 bits per heavy atom. The van der Waals surface area contributed by atoms with Gasteiger partial charge in [0.1, 0.15) is 0 Å². The molecule has 0 spiro atoms. The molecule has 0 radical (unpaired) electrons. The van der Waals surface area contributed by atoms with E-state index in [0.29, 0.717) is 32.6 Å². The van der Waals surface area contributed by atoms with Crippen molar-refractivity contribution in [3.05, 3.63) is 0 Å². The molecule has 90 valence electrons. The molecule has 0 aromatic rings. The van der Waals surface area contributed by atoms with Crippen molar-refractivity contribution in [1.29, 1.82) is 0 Å². The fourth-order valence-electron chi connectivity index (χ4n) is 1.17. The number of carbonyl (C=O) groups is 1. The van der Waals surface area contributed by atoms with Gasteiger partial charge in [-0.15, -0.1) is 0 Å². The Balaban J connectivity index is 3.51. The van der Waals surface area contributed by atoms with Gasteiger partial charge in [0, 0.05) is 33.2 Å². The molecule has 4 nitrogen and oxygen atoms in total. The predicted molar refractivity (Wildman–Crippen MR) is 59.7 cm³/mol. The summed E-state index contributed by atoms with van der Waals surface area (Å²) in [6.45, 7) is 5.63. The van der Waals surface area contributed by atoms with E-state index >= 15 is 0 Å². The van der Waals surface area contributed by atoms with Gasteiger partial charge >= 0.3 is 0 Å². The van der Waals surface area contributed by atoms with Crippen molar-refractivity contribution in [3.8, 4) is 0 Å². The molecular formula is C11H23NO3. The molecule has 1 unspecified atom stereocenters. The normalized spacial score (nSPS) is 12.5. The first-order chi connectivity index (χ1) is 7.07. The maximum absolute atomic E-state index is 11.5. The highest BCUT2D eigenvalue weighted by molar-refractivity contribution is 5.75. The first kappa shape index (κ1) is 14.4. The quantitative estimate of drug-likeness (QED) is 0.618. The van der Waals surface area contributed by atoms with E-state index in [-0.39, 0.29) is 12.0 Å². The number of rotatable bonds is 8. The fourth-order valence-corrected chi connectivity index (χ4v) is 1.17. The molecule has 0 bridgehead atoms. The summed E-state index contributed by atoms with van der Waals surface area (Å²) in [6, 6.07) is 0. The van der Waals surface area contributed by atoms with Gasteiger partial charge in [0.05, 0.1) is 6.10 Å². The van der Waals surface area contributed by atoms with E-state index in [1.807, 2.05) is 6.92 Å². The lowest BCUT2D eigenvalue weighted by atomic mass is 10.2. The number of carbonyl (C=O) groups excluding carboxylic acids is 1. The molecule has 0 saturated heterocycles. The number of aliphatic hydroxyl groups excluding tert-OH is 1. The van der Waals surface area contributed by atoms with Crippen molar-refractivity contribution >= 4 is 5.91 Å². The predicted octanol–water partition coefficient (Wildman–Crippen LogP) is 1.03. The molecule has 0 aliphatic heterocycles. The van der Waals surface area contributed by atoms with E-state index < -0.39 is 0 Å². The Morgan fingerprint density at radius 1 is 1.53 bits per heavy atom. The topological polar surface area (TPSA) is 49.8 Å². The zero-order valence-electron chi connectivity index (χ0n) is 10.0. The molecule has 0 fully saturated rings. The van der Waals surface area contributed by atoms with Crippen molar-refractivity contribution in [2.75, 3.05) is 26.8 Å². The monoisotopic (exact) mass is 217 g/mol. The third kappa shape index (κ3) is 8.39. The van der Waals surface area contributed by atoms with E-state index in [2.05, 4.69) is 0 Å². The molecule has 0 aliphatic carbocycles. The van der Waals surface area contributed by atoms with Crippen molar-refractivity contribution in [1.82, 2.24) is 4.90 Å². The molecule has 4 heteroatoms. The maximum Gasteiger partial charge on any atom is 0.222 e. The van der Waals surface area contributed by atoms with Crippen LogP contribution in [0.5, 0.6) is 0 Å². The lowest BCUT2D eigenvalue weighted by Crippen LogP contribution is -2.29. The zero-order valence-corrected chi connectivity index (χ0v) is 10.0. The highest BCUT2D eigenvalue weighted by Gasteiger charge is 2.08. The lowest BCUT2D eigenvalue weighted by molar-refractivity contribution is -0.130. The van der Waals surface area contributed by atoms with Gasteiger partial charge in [-0.05, 0) is 26.7 Å². The van der Waals surface area contributed by atoms with Crippen molar-refractivity contribution < 1.29 is 14.6 Å². The van der Waals surface area contributed by atoms with Crippen LogP contribution >= 0.6 is 0 Å². The van der Waals surface area contributed by atoms with Crippen molar-refractivity contribution in [2.24, 2.45) is 0 Å². The van der Waals surface area contributed by atoms with Crippen LogP contribution in [0.1, 0.15) is 33.1 Å². The average molecular weight is 217 g/mol. The van der Waals surface area contributed by atoms with Gasteiger partial charge in [-0.2, -0.15) is 0 Å². The smallest absolute Gasteiger partial charge is 0.222 e. The first-order valence-electron chi connectivity index (χ1n) is 5.57. The molecular weight excluding hydrogens is 194 g/mol. The molecule has 0 aromatic heterocycles. The molecule has 1 amide bonds. The summed E-state index contributed by atoms with van der Waals surface area (Å²) in [4.78, 5) is 13.2. The Hall–Kier alpha value is -0.610. The Labute approximate surface area is 92.2 Å². The molecule has 0 rings (SSSR count). The molecule has 0 aliphatic rings. The van der Waals surface area contributed by atoms with E-state index in [4.69, 9.17) is 9.84 Å². The summed E-state index contributed by atoms with van der Waals surface area (Å²) in [5, 5.41) is 9.07. The largest absolute Gasteiger partial charge is 0.393 e. The van der Waals surface area contributed by atoms with Crippen LogP contribution in [0, 0.1) is 0 Å². The van der Waals surface area contributed by atoms with Crippen LogP contribution < -0.4 is 0 Å². The fraction of sp³-hybridized carbons (Fsp3) is 0.909. The molecule has 1 atom stereocenters. The summed E-state index contributed by atoms with van der Waals surface area (Å²) in [5.74, 6) is 0.121. The average Bonchev–Trinajstić information content (AvgIpc) is 2.20. The summed E-state index contributed by atoms with van der Waals surface area (Å²) < 4.78 is 5.15. The second-order valence-electron chi connectivity index (χ2n) is 3.75. The molecule has 0 aromatic carbocycles. The summed E-state index contributed by atoms with van der Waals surface area (Å²) >= 11 is 0. The lowest BCUT2D eigenvalue weighted by Gasteiger charge is -2.17. The van der Waals surface area contributed by atoms with Crippen LogP contribution in [0.4, 0.5) is 0 Å². The second-order valence-corrected chi connectivity index (χ2v) is 3.75. The Morgan fingerprint density at radius 3 is 2.73 bits per heavy atom. The van der Waals surface area contributed by atoms with Crippen LogP contribution in [0.15, 0.2) is 0 Å². The summed E-state index contributed by atoms with van der Waals surface area (Å²) in [5.41, 5.74) is 0. The highest BCUT2D eigenvalue weighted by Crippen LogP contribution is 1.99. The molecule has 1 N–H and O–H groups in total. The number of amides is 1. The molecule has 0 saturated carbocycles. The van der Waals surface area contributed by atoms with Gasteiger partial charge in [-0.1, -0.05) is 0 Å². The minimum absolute atomic E-state index is 0.121. The zero-order chi connectivity index (χ0) is 11.7. The van der Waals surface area contributed by atoms with Gasteiger partial charge in [0.25, 0.3) is 0 Å². The van der Waals surface area contributed by atoms with Crippen LogP contribution in [0.2, 0.25) is 0 Å². The van der Waals surface area contributed by atoms with Gasteiger partial charge in [-0.25, -0.2) is 0 Å². The molecule has 0 heterocycles. The number of hydrogen-bond donors (Lipinski definition) is 1. The highest BCUT2D eigenvalue weighted by atomic mass is 16.5. The summed E-state index contributed by atoms with van der Waals surface area (Å²) in [6.07, 6.45) is 1.58. The second kappa shape index (κ2) is 8.68. The number of nitrogens with zero attached hydrogens (tertiary/aromatic N) is 1.